The predicted octanol–water partition coefficient (Wildman–Crippen LogP) is 6.60. The van der Waals surface area contributed by atoms with Crippen molar-refractivity contribution >= 4 is 15.7 Å². The van der Waals surface area contributed by atoms with Crippen molar-refractivity contribution in [3.05, 3.63) is 101 Å². The van der Waals surface area contributed by atoms with Gasteiger partial charge in [-0.1, -0.05) is 94.4 Å². The molecule has 0 aliphatic carbocycles. The van der Waals surface area contributed by atoms with Gasteiger partial charge in [0.05, 0.1) is 0 Å². The van der Waals surface area contributed by atoms with Crippen LogP contribution in [0.4, 0.5) is 18.9 Å². The lowest BCUT2D eigenvalue weighted by Gasteiger charge is -2.29. The van der Waals surface area contributed by atoms with E-state index in [1.807, 2.05) is 32.0 Å². The van der Waals surface area contributed by atoms with Gasteiger partial charge in [-0.3, -0.25) is 4.72 Å². The molecule has 1 N–H and O–H groups in total. The maximum Gasteiger partial charge on any atom is 0.516 e. The van der Waals surface area contributed by atoms with Crippen molar-refractivity contribution in [2.75, 3.05) is 4.72 Å². The van der Waals surface area contributed by atoms with Gasteiger partial charge in [0, 0.05) is 16.5 Å². The van der Waals surface area contributed by atoms with Crippen LogP contribution in [0.5, 0.6) is 0 Å². The Balaban J connectivity index is 1.84. The summed E-state index contributed by atoms with van der Waals surface area (Å²) < 4.78 is 61.9. The van der Waals surface area contributed by atoms with E-state index in [1.165, 1.54) is 23.3 Å². The monoisotopic (exact) mass is 461 g/mol. The van der Waals surface area contributed by atoms with E-state index in [1.54, 1.807) is 16.9 Å². The highest BCUT2D eigenvalue weighted by Crippen LogP contribution is 2.36. The topological polar surface area (TPSA) is 46.2 Å². The maximum absolute atomic E-state index is 12.6. The summed E-state index contributed by atoms with van der Waals surface area (Å²) in [4.78, 5) is 0. The quantitative estimate of drug-likeness (QED) is 0.450. The zero-order chi connectivity index (χ0) is 23.8. The second-order valence-corrected chi connectivity index (χ2v) is 10.5. The Morgan fingerprint density at radius 1 is 0.594 bits per heavy atom. The standard InChI is InChI=1S/C25H26F3NO2S/c1-23(2,18-8-6-5-7-9-18)19-10-12-20(13-11-19)24(3,4)21-14-16-22(17-15-21)29-32(30,31)25(26,27)28/h5-17,29H,1-4H3. The van der Waals surface area contributed by atoms with Gasteiger partial charge >= 0.3 is 15.5 Å². The largest absolute Gasteiger partial charge is 0.516 e. The fraction of sp³-hybridized carbons (Fsp3) is 0.280. The number of benzene rings is 3. The Morgan fingerprint density at radius 3 is 1.31 bits per heavy atom. The summed E-state index contributed by atoms with van der Waals surface area (Å²) in [5.41, 5.74) is -1.83. The van der Waals surface area contributed by atoms with Crippen LogP contribution in [-0.4, -0.2) is 13.9 Å². The summed E-state index contributed by atoms with van der Waals surface area (Å²) in [6.45, 7) is 8.37. The van der Waals surface area contributed by atoms with Gasteiger partial charge in [-0.05, 0) is 34.4 Å². The first-order valence-corrected chi connectivity index (χ1v) is 11.6. The Kier molecular flexibility index (Phi) is 6.17. The number of hydrogen-bond donors (Lipinski definition) is 1. The second kappa shape index (κ2) is 8.28. The first-order chi connectivity index (χ1) is 14.7. The van der Waals surface area contributed by atoms with Crippen LogP contribution in [0.1, 0.15) is 49.9 Å². The molecular weight excluding hydrogens is 435 g/mol. The van der Waals surface area contributed by atoms with Gasteiger partial charge in [0.15, 0.2) is 0 Å². The molecule has 0 amide bonds. The summed E-state index contributed by atoms with van der Waals surface area (Å²) in [5, 5.41) is 0. The molecule has 0 heterocycles. The molecule has 0 unspecified atom stereocenters. The summed E-state index contributed by atoms with van der Waals surface area (Å²) in [6.07, 6.45) is 0. The van der Waals surface area contributed by atoms with Gasteiger partial charge in [0.25, 0.3) is 0 Å². The summed E-state index contributed by atoms with van der Waals surface area (Å²) in [6, 6.07) is 24.5. The van der Waals surface area contributed by atoms with Gasteiger partial charge < -0.3 is 0 Å². The normalized spacial score (nSPS) is 13.1. The van der Waals surface area contributed by atoms with Crippen molar-refractivity contribution in [1.29, 1.82) is 0 Å². The lowest BCUT2D eigenvalue weighted by atomic mass is 9.74. The highest BCUT2D eigenvalue weighted by Gasteiger charge is 2.46. The minimum absolute atomic E-state index is 0.137. The molecule has 0 aliphatic heterocycles. The number of hydrogen-bond acceptors (Lipinski definition) is 2. The van der Waals surface area contributed by atoms with Crippen molar-refractivity contribution in [1.82, 2.24) is 0 Å². The van der Waals surface area contributed by atoms with E-state index in [0.717, 1.165) is 11.1 Å². The molecular formula is C25H26F3NO2S. The van der Waals surface area contributed by atoms with E-state index in [0.29, 0.717) is 0 Å². The fourth-order valence-electron chi connectivity index (χ4n) is 3.66. The van der Waals surface area contributed by atoms with Crippen molar-refractivity contribution in [2.24, 2.45) is 0 Å². The molecule has 7 heteroatoms. The third kappa shape index (κ3) is 4.67. The van der Waals surface area contributed by atoms with E-state index in [9.17, 15) is 21.6 Å². The molecule has 0 aliphatic rings. The predicted molar refractivity (Wildman–Crippen MR) is 122 cm³/mol. The van der Waals surface area contributed by atoms with E-state index in [2.05, 4.69) is 50.2 Å². The Morgan fingerprint density at radius 2 is 0.938 bits per heavy atom. The van der Waals surface area contributed by atoms with Crippen molar-refractivity contribution in [3.63, 3.8) is 0 Å². The average molecular weight is 462 g/mol. The molecule has 0 spiro atoms. The van der Waals surface area contributed by atoms with Gasteiger partial charge in [0.2, 0.25) is 0 Å². The van der Waals surface area contributed by atoms with Gasteiger partial charge in [0.1, 0.15) is 0 Å². The van der Waals surface area contributed by atoms with Crippen molar-refractivity contribution < 1.29 is 21.6 Å². The first kappa shape index (κ1) is 23.9. The number of sulfonamides is 1. The van der Waals surface area contributed by atoms with Crippen LogP contribution in [-0.2, 0) is 20.9 Å². The summed E-state index contributed by atoms with van der Waals surface area (Å²) in [7, 11) is -5.44. The first-order valence-electron chi connectivity index (χ1n) is 10.1. The van der Waals surface area contributed by atoms with Crippen LogP contribution < -0.4 is 4.72 Å². The average Bonchev–Trinajstić information content (AvgIpc) is 2.74. The summed E-state index contributed by atoms with van der Waals surface area (Å²) in [5.74, 6) is 0. The lowest BCUT2D eigenvalue weighted by Crippen LogP contribution is -2.30. The van der Waals surface area contributed by atoms with Crippen molar-refractivity contribution in [3.8, 4) is 0 Å². The van der Waals surface area contributed by atoms with Crippen LogP contribution in [0.3, 0.4) is 0 Å². The molecule has 0 saturated carbocycles. The highest BCUT2D eigenvalue weighted by molar-refractivity contribution is 7.93. The molecule has 170 valence electrons. The lowest BCUT2D eigenvalue weighted by molar-refractivity contribution is -0.0429. The van der Waals surface area contributed by atoms with Crippen molar-refractivity contribution in [2.45, 2.75) is 44.0 Å². The zero-order valence-electron chi connectivity index (χ0n) is 18.4. The van der Waals surface area contributed by atoms with E-state index < -0.39 is 20.9 Å². The fourth-order valence-corrected chi connectivity index (χ4v) is 4.22. The van der Waals surface area contributed by atoms with E-state index >= 15 is 0 Å². The van der Waals surface area contributed by atoms with Gasteiger partial charge in [-0.15, -0.1) is 0 Å². The number of nitrogens with one attached hydrogen (secondary N) is 1. The molecule has 3 aromatic carbocycles. The third-order valence-corrected chi connectivity index (χ3v) is 7.10. The number of alkyl halides is 3. The smallest absolute Gasteiger partial charge is 0.276 e. The van der Waals surface area contributed by atoms with Gasteiger partial charge in [-0.2, -0.15) is 21.6 Å². The van der Waals surface area contributed by atoms with Crippen LogP contribution >= 0.6 is 0 Å². The maximum atomic E-state index is 12.6. The van der Waals surface area contributed by atoms with Crippen LogP contribution in [0.15, 0.2) is 78.9 Å². The third-order valence-electron chi connectivity index (χ3n) is 5.99. The molecule has 3 rings (SSSR count). The summed E-state index contributed by atoms with van der Waals surface area (Å²) >= 11 is 0. The molecule has 0 fully saturated rings. The number of halogens is 3. The Labute approximate surface area is 187 Å². The van der Waals surface area contributed by atoms with Crippen LogP contribution in [0.2, 0.25) is 0 Å². The number of rotatable bonds is 6. The van der Waals surface area contributed by atoms with E-state index in [4.69, 9.17) is 0 Å². The highest BCUT2D eigenvalue weighted by atomic mass is 32.2. The second-order valence-electron chi connectivity index (χ2n) is 8.82. The SMILES string of the molecule is CC(C)(c1ccccc1)c1ccc(C(C)(C)c2ccc(NS(=O)(=O)C(F)(F)F)cc2)cc1. The molecule has 32 heavy (non-hydrogen) atoms. The number of anilines is 1. The Bertz CT molecular complexity index is 1170. The molecule has 3 nitrogen and oxygen atoms in total. The molecule has 0 bridgehead atoms. The van der Waals surface area contributed by atoms with Crippen LogP contribution in [0.25, 0.3) is 0 Å². The molecule has 0 aromatic heterocycles. The molecule has 3 aromatic rings. The molecule has 0 atom stereocenters. The zero-order valence-corrected chi connectivity index (χ0v) is 19.2. The van der Waals surface area contributed by atoms with Gasteiger partial charge in [-0.25, -0.2) is 0 Å². The van der Waals surface area contributed by atoms with Crippen LogP contribution in [0, 0.1) is 0 Å². The molecule has 0 saturated heterocycles. The minimum Gasteiger partial charge on any atom is -0.276 e. The minimum atomic E-state index is -5.44. The molecule has 0 radical (unpaired) electrons. The Hall–Kier alpha value is -2.80. The van der Waals surface area contributed by atoms with E-state index in [-0.39, 0.29) is 11.1 Å².